The van der Waals surface area contributed by atoms with Crippen molar-refractivity contribution < 1.29 is 22.7 Å². The first kappa shape index (κ1) is 16.4. The maximum Gasteiger partial charge on any atom is 0.319 e. The monoisotopic (exact) mass is 348 g/mol. The molecule has 3 rings (SSSR count). The summed E-state index contributed by atoms with van der Waals surface area (Å²) in [4.78, 5) is 21.1. The van der Waals surface area contributed by atoms with Crippen LogP contribution >= 0.6 is 0 Å². The molecular weight excluding hydrogens is 332 g/mol. The standard InChI is InChI=1S/C16H16N2O5S/c1-22-15-13-11(17-16(18-15)23-2)8-9-12(14(13)19)24(20,21)10-6-4-3-5-7-10/h3-7,12H,8-9H2,1-2H3. The first-order valence-electron chi connectivity index (χ1n) is 7.31. The Labute approximate surface area is 139 Å². The molecule has 24 heavy (non-hydrogen) atoms. The van der Waals surface area contributed by atoms with Crippen LogP contribution in [0.15, 0.2) is 35.2 Å². The Kier molecular flexibility index (Phi) is 4.23. The van der Waals surface area contributed by atoms with Gasteiger partial charge in [-0.1, -0.05) is 18.2 Å². The Balaban J connectivity index is 2.07. The molecule has 1 aromatic carbocycles. The first-order chi connectivity index (χ1) is 11.5. The molecule has 0 aliphatic heterocycles. The fourth-order valence-electron chi connectivity index (χ4n) is 2.76. The molecule has 0 N–H and O–H groups in total. The number of hydrogen-bond acceptors (Lipinski definition) is 7. The van der Waals surface area contributed by atoms with Gasteiger partial charge in [0.15, 0.2) is 15.6 Å². The maximum atomic E-state index is 12.8. The van der Waals surface area contributed by atoms with Crippen molar-refractivity contribution in [1.82, 2.24) is 9.97 Å². The molecule has 0 spiro atoms. The molecule has 0 radical (unpaired) electrons. The lowest BCUT2D eigenvalue weighted by Gasteiger charge is -2.23. The predicted molar refractivity (Wildman–Crippen MR) is 85.2 cm³/mol. The van der Waals surface area contributed by atoms with E-state index >= 15 is 0 Å². The van der Waals surface area contributed by atoms with Gasteiger partial charge in [0, 0.05) is 0 Å². The summed E-state index contributed by atoms with van der Waals surface area (Å²) in [6.45, 7) is 0. The molecule has 1 aliphatic rings. The van der Waals surface area contributed by atoms with E-state index in [1.807, 2.05) is 0 Å². The van der Waals surface area contributed by atoms with Gasteiger partial charge in [-0.25, -0.2) is 8.42 Å². The maximum absolute atomic E-state index is 12.8. The molecule has 0 bridgehead atoms. The number of methoxy groups -OCH3 is 2. The van der Waals surface area contributed by atoms with Gasteiger partial charge < -0.3 is 9.47 Å². The van der Waals surface area contributed by atoms with Crippen molar-refractivity contribution in [2.75, 3.05) is 14.2 Å². The van der Waals surface area contributed by atoms with Gasteiger partial charge in [-0.05, 0) is 25.0 Å². The number of nitrogens with zero attached hydrogens (tertiary/aromatic N) is 2. The molecular formula is C16H16N2O5S. The van der Waals surface area contributed by atoms with Gasteiger partial charge >= 0.3 is 6.01 Å². The SMILES string of the molecule is COc1nc2c(c(OC)n1)C(=O)C(S(=O)(=O)c1ccccc1)CC2. The van der Waals surface area contributed by atoms with E-state index in [4.69, 9.17) is 9.47 Å². The number of ketones is 1. The lowest BCUT2D eigenvalue weighted by atomic mass is 9.95. The van der Waals surface area contributed by atoms with Crippen molar-refractivity contribution in [2.24, 2.45) is 0 Å². The van der Waals surface area contributed by atoms with Gasteiger partial charge in [0.2, 0.25) is 5.88 Å². The van der Waals surface area contributed by atoms with Crippen molar-refractivity contribution in [1.29, 1.82) is 0 Å². The quantitative estimate of drug-likeness (QED) is 0.825. The molecule has 0 saturated heterocycles. The van der Waals surface area contributed by atoms with Crippen LogP contribution in [0.3, 0.4) is 0 Å². The summed E-state index contributed by atoms with van der Waals surface area (Å²) < 4.78 is 35.7. The largest absolute Gasteiger partial charge is 0.480 e. The third-order valence-electron chi connectivity index (χ3n) is 3.93. The summed E-state index contributed by atoms with van der Waals surface area (Å²) in [6.07, 6.45) is 0.486. The van der Waals surface area contributed by atoms with Crippen LogP contribution in [0.2, 0.25) is 0 Å². The van der Waals surface area contributed by atoms with Gasteiger partial charge in [0.05, 0.1) is 24.8 Å². The Bertz CT molecular complexity index is 864. The Morgan fingerprint density at radius 1 is 1.08 bits per heavy atom. The molecule has 8 heteroatoms. The zero-order valence-corrected chi connectivity index (χ0v) is 14.0. The molecule has 7 nitrogen and oxygen atoms in total. The molecule has 1 unspecified atom stereocenters. The topological polar surface area (TPSA) is 95.4 Å². The van der Waals surface area contributed by atoms with E-state index in [-0.39, 0.29) is 28.8 Å². The fourth-order valence-corrected chi connectivity index (χ4v) is 4.45. The van der Waals surface area contributed by atoms with E-state index in [0.717, 1.165) is 0 Å². The number of aryl methyl sites for hydroxylation is 1. The van der Waals surface area contributed by atoms with Crippen molar-refractivity contribution >= 4 is 15.6 Å². The van der Waals surface area contributed by atoms with Crippen LogP contribution in [-0.4, -0.2) is 43.6 Å². The van der Waals surface area contributed by atoms with Crippen LogP contribution in [0.5, 0.6) is 11.9 Å². The minimum absolute atomic E-state index is 0.0369. The zero-order valence-electron chi connectivity index (χ0n) is 13.2. The molecule has 126 valence electrons. The summed E-state index contributed by atoms with van der Waals surface area (Å²) in [6, 6.07) is 8.04. The lowest BCUT2D eigenvalue weighted by molar-refractivity contribution is 0.0970. The molecule has 0 amide bonds. The third-order valence-corrected chi connectivity index (χ3v) is 6.06. The highest BCUT2D eigenvalue weighted by Crippen LogP contribution is 2.33. The Hall–Kier alpha value is -2.48. The molecule has 0 saturated carbocycles. The highest BCUT2D eigenvalue weighted by molar-refractivity contribution is 7.92. The Morgan fingerprint density at radius 3 is 2.42 bits per heavy atom. The number of benzene rings is 1. The van der Waals surface area contributed by atoms with E-state index in [1.165, 1.54) is 26.4 Å². The van der Waals surface area contributed by atoms with Crippen molar-refractivity contribution in [2.45, 2.75) is 23.0 Å². The summed E-state index contributed by atoms with van der Waals surface area (Å²) in [5.74, 6) is -0.505. The van der Waals surface area contributed by atoms with E-state index in [2.05, 4.69) is 9.97 Å². The number of carbonyl (C=O) groups excluding carboxylic acids is 1. The highest BCUT2D eigenvalue weighted by atomic mass is 32.2. The van der Waals surface area contributed by atoms with Crippen LogP contribution in [0.1, 0.15) is 22.5 Å². The van der Waals surface area contributed by atoms with Crippen LogP contribution in [0.4, 0.5) is 0 Å². The molecule has 2 aromatic rings. The number of fused-ring (bicyclic) bond motifs is 1. The lowest BCUT2D eigenvalue weighted by Crippen LogP contribution is -2.36. The number of rotatable bonds is 4. The second kappa shape index (κ2) is 6.20. The molecule has 1 heterocycles. The van der Waals surface area contributed by atoms with Crippen LogP contribution < -0.4 is 9.47 Å². The molecule has 1 atom stereocenters. The Morgan fingerprint density at radius 2 is 1.79 bits per heavy atom. The summed E-state index contributed by atoms with van der Waals surface area (Å²) >= 11 is 0. The number of aromatic nitrogens is 2. The van der Waals surface area contributed by atoms with Gasteiger partial charge in [-0.15, -0.1) is 0 Å². The minimum atomic E-state index is -3.79. The predicted octanol–water partition coefficient (Wildman–Crippen LogP) is 1.47. The van der Waals surface area contributed by atoms with Crippen molar-refractivity contribution in [3.8, 4) is 11.9 Å². The first-order valence-corrected chi connectivity index (χ1v) is 8.85. The van der Waals surface area contributed by atoms with E-state index in [9.17, 15) is 13.2 Å². The average Bonchev–Trinajstić information content (AvgIpc) is 2.61. The minimum Gasteiger partial charge on any atom is -0.480 e. The normalized spacial score (nSPS) is 17.2. The third kappa shape index (κ3) is 2.62. The highest BCUT2D eigenvalue weighted by Gasteiger charge is 2.41. The van der Waals surface area contributed by atoms with Crippen LogP contribution in [0, 0.1) is 0 Å². The summed E-state index contributed by atoms with van der Waals surface area (Å²) in [5.41, 5.74) is 0.567. The number of hydrogen-bond donors (Lipinski definition) is 0. The van der Waals surface area contributed by atoms with Crippen LogP contribution in [0.25, 0.3) is 0 Å². The summed E-state index contributed by atoms with van der Waals surface area (Å²) in [7, 11) is -1.01. The van der Waals surface area contributed by atoms with Crippen molar-refractivity contribution in [3.63, 3.8) is 0 Å². The second-order valence-corrected chi connectivity index (χ2v) is 7.42. The molecule has 1 aromatic heterocycles. The van der Waals surface area contributed by atoms with E-state index in [1.54, 1.807) is 18.2 Å². The number of carbonyl (C=O) groups is 1. The fraction of sp³-hybridized carbons (Fsp3) is 0.312. The smallest absolute Gasteiger partial charge is 0.319 e. The van der Waals surface area contributed by atoms with E-state index in [0.29, 0.717) is 12.1 Å². The second-order valence-electron chi connectivity index (χ2n) is 5.29. The number of Topliss-reactive ketones (excluding diaryl/α,β-unsaturated/α-hetero) is 1. The average molecular weight is 348 g/mol. The number of sulfone groups is 1. The molecule has 0 fully saturated rings. The van der Waals surface area contributed by atoms with Gasteiger partial charge in [-0.2, -0.15) is 9.97 Å². The van der Waals surface area contributed by atoms with Gasteiger partial charge in [-0.3, -0.25) is 4.79 Å². The van der Waals surface area contributed by atoms with Gasteiger partial charge in [0.1, 0.15) is 10.8 Å². The zero-order chi connectivity index (χ0) is 17.3. The van der Waals surface area contributed by atoms with Crippen LogP contribution in [-0.2, 0) is 16.3 Å². The molecule has 1 aliphatic carbocycles. The van der Waals surface area contributed by atoms with Crippen molar-refractivity contribution in [3.05, 3.63) is 41.6 Å². The van der Waals surface area contributed by atoms with Gasteiger partial charge in [0.25, 0.3) is 0 Å². The summed E-state index contributed by atoms with van der Waals surface area (Å²) in [5, 5.41) is -1.17. The number of ether oxygens (including phenoxy) is 2. The van der Waals surface area contributed by atoms with E-state index < -0.39 is 20.9 Å².